The fourth-order valence-electron chi connectivity index (χ4n) is 1.65. The van der Waals surface area contributed by atoms with Crippen LogP contribution in [0.3, 0.4) is 0 Å². The van der Waals surface area contributed by atoms with Gasteiger partial charge >= 0.3 is 0 Å². The lowest BCUT2D eigenvalue weighted by Crippen LogP contribution is -2.41. The molecule has 0 radical (unpaired) electrons. The summed E-state index contributed by atoms with van der Waals surface area (Å²) in [6.45, 7) is 6.63. The van der Waals surface area contributed by atoms with Crippen LogP contribution >= 0.6 is 0 Å². The van der Waals surface area contributed by atoms with E-state index in [0.717, 1.165) is 0 Å². The Balaban J connectivity index is 2.29. The number of methoxy groups -OCH3 is 2. The lowest BCUT2D eigenvalue weighted by Gasteiger charge is -2.22. The standard InChI is InChI=1S/C10H21NO2/c1-7(9(12-4)13-5)11-8-6-10(8,2)3/h7-9,11H,6H2,1-5H3. The van der Waals surface area contributed by atoms with Crippen LogP contribution in [0.5, 0.6) is 0 Å². The first kappa shape index (κ1) is 11.0. The molecule has 2 atom stereocenters. The molecule has 1 N–H and O–H groups in total. The summed E-state index contributed by atoms with van der Waals surface area (Å²) < 4.78 is 10.3. The summed E-state index contributed by atoms with van der Waals surface area (Å²) in [4.78, 5) is 0. The number of rotatable bonds is 5. The third kappa shape index (κ3) is 2.66. The third-order valence-corrected chi connectivity index (χ3v) is 2.85. The number of hydrogen-bond acceptors (Lipinski definition) is 3. The molecule has 0 aromatic rings. The van der Waals surface area contributed by atoms with Gasteiger partial charge in [-0.25, -0.2) is 0 Å². The van der Waals surface area contributed by atoms with Crippen LogP contribution < -0.4 is 5.32 Å². The average Bonchev–Trinajstić information content (AvgIpc) is 2.61. The zero-order chi connectivity index (χ0) is 10.1. The van der Waals surface area contributed by atoms with Crippen molar-refractivity contribution in [2.24, 2.45) is 5.41 Å². The van der Waals surface area contributed by atoms with E-state index in [0.29, 0.717) is 11.5 Å². The maximum Gasteiger partial charge on any atom is 0.171 e. The Morgan fingerprint density at radius 3 is 2.08 bits per heavy atom. The Bertz CT molecular complexity index is 166. The van der Waals surface area contributed by atoms with Crippen LogP contribution in [0, 0.1) is 5.41 Å². The van der Waals surface area contributed by atoms with E-state index >= 15 is 0 Å². The maximum absolute atomic E-state index is 5.17. The molecule has 0 aromatic heterocycles. The molecule has 0 heterocycles. The summed E-state index contributed by atoms with van der Waals surface area (Å²) in [5, 5.41) is 3.50. The topological polar surface area (TPSA) is 30.5 Å². The number of ether oxygens (including phenoxy) is 2. The molecular formula is C10H21NO2. The van der Waals surface area contributed by atoms with E-state index in [1.165, 1.54) is 6.42 Å². The van der Waals surface area contributed by atoms with Crippen molar-refractivity contribution < 1.29 is 9.47 Å². The van der Waals surface area contributed by atoms with Crippen molar-refractivity contribution in [3.8, 4) is 0 Å². The fourth-order valence-corrected chi connectivity index (χ4v) is 1.65. The lowest BCUT2D eigenvalue weighted by atomic mass is 10.2. The van der Waals surface area contributed by atoms with Gasteiger partial charge in [0.15, 0.2) is 6.29 Å². The molecular weight excluding hydrogens is 166 g/mol. The highest BCUT2D eigenvalue weighted by Gasteiger charge is 2.46. The molecule has 1 aliphatic rings. The lowest BCUT2D eigenvalue weighted by molar-refractivity contribution is -0.120. The summed E-state index contributed by atoms with van der Waals surface area (Å²) in [6, 6.07) is 0.872. The SMILES string of the molecule is COC(OC)C(C)NC1CC1(C)C. The molecule has 78 valence electrons. The van der Waals surface area contributed by atoms with Gasteiger partial charge in [0, 0.05) is 20.3 Å². The first-order chi connectivity index (χ1) is 6.01. The molecule has 1 aliphatic carbocycles. The normalized spacial score (nSPS) is 27.7. The van der Waals surface area contributed by atoms with Crippen molar-refractivity contribution >= 4 is 0 Å². The van der Waals surface area contributed by atoms with E-state index in [1.54, 1.807) is 14.2 Å². The van der Waals surface area contributed by atoms with Gasteiger partial charge in [0.1, 0.15) is 0 Å². The Morgan fingerprint density at radius 1 is 1.31 bits per heavy atom. The fraction of sp³-hybridized carbons (Fsp3) is 1.00. The van der Waals surface area contributed by atoms with E-state index in [1.807, 2.05) is 0 Å². The third-order valence-electron chi connectivity index (χ3n) is 2.85. The number of nitrogens with one attached hydrogen (secondary N) is 1. The quantitative estimate of drug-likeness (QED) is 0.660. The Labute approximate surface area is 80.8 Å². The van der Waals surface area contributed by atoms with Crippen LogP contribution in [0.2, 0.25) is 0 Å². The molecule has 0 spiro atoms. The smallest absolute Gasteiger partial charge is 0.171 e. The average molecular weight is 187 g/mol. The summed E-state index contributed by atoms with van der Waals surface area (Å²) in [7, 11) is 3.34. The van der Waals surface area contributed by atoms with Crippen molar-refractivity contribution in [3.05, 3.63) is 0 Å². The molecule has 0 saturated heterocycles. The molecule has 3 heteroatoms. The van der Waals surface area contributed by atoms with E-state index in [4.69, 9.17) is 9.47 Å². The van der Waals surface area contributed by atoms with Crippen LogP contribution in [0.15, 0.2) is 0 Å². The Hall–Kier alpha value is -0.120. The molecule has 0 aliphatic heterocycles. The molecule has 0 bridgehead atoms. The highest BCUT2D eigenvalue weighted by molar-refractivity contribution is 5.02. The summed E-state index contributed by atoms with van der Waals surface area (Å²) in [5.41, 5.74) is 0.459. The minimum Gasteiger partial charge on any atom is -0.354 e. The van der Waals surface area contributed by atoms with E-state index < -0.39 is 0 Å². The first-order valence-electron chi connectivity index (χ1n) is 4.83. The molecule has 0 aromatic carbocycles. The predicted octanol–water partition coefficient (Wildman–Crippen LogP) is 1.38. The van der Waals surface area contributed by atoms with Crippen molar-refractivity contribution in [2.45, 2.75) is 45.6 Å². The molecule has 1 saturated carbocycles. The minimum atomic E-state index is -0.142. The molecule has 3 nitrogen and oxygen atoms in total. The van der Waals surface area contributed by atoms with Crippen LogP contribution in [-0.2, 0) is 9.47 Å². The van der Waals surface area contributed by atoms with Gasteiger partial charge < -0.3 is 14.8 Å². The van der Waals surface area contributed by atoms with Gasteiger partial charge in [-0.1, -0.05) is 13.8 Å². The number of hydrogen-bond donors (Lipinski definition) is 1. The van der Waals surface area contributed by atoms with Gasteiger partial charge in [-0.3, -0.25) is 0 Å². The highest BCUT2D eigenvalue weighted by atomic mass is 16.7. The van der Waals surface area contributed by atoms with Gasteiger partial charge in [0.05, 0.1) is 6.04 Å². The maximum atomic E-state index is 5.17. The van der Waals surface area contributed by atoms with Crippen molar-refractivity contribution in [1.82, 2.24) is 5.32 Å². The summed E-state index contributed by atoms with van der Waals surface area (Å²) >= 11 is 0. The first-order valence-corrected chi connectivity index (χ1v) is 4.83. The molecule has 13 heavy (non-hydrogen) atoms. The second-order valence-electron chi connectivity index (χ2n) is 4.54. The van der Waals surface area contributed by atoms with Crippen molar-refractivity contribution in [3.63, 3.8) is 0 Å². The highest BCUT2D eigenvalue weighted by Crippen LogP contribution is 2.44. The Kier molecular flexibility index (Phi) is 3.33. The van der Waals surface area contributed by atoms with Crippen LogP contribution in [0.25, 0.3) is 0 Å². The molecule has 1 fully saturated rings. The molecule has 0 amide bonds. The summed E-state index contributed by atoms with van der Waals surface area (Å²) in [6.07, 6.45) is 1.11. The van der Waals surface area contributed by atoms with Gasteiger partial charge in [0.25, 0.3) is 0 Å². The largest absolute Gasteiger partial charge is 0.354 e. The van der Waals surface area contributed by atoms with E-state index in [-0.39, 0.29) is 12.3 Å². The zero-order valence-electron chi connectivity index (χ0n) is 9.26. The Morgan fingerprint density at radius 2 is 1.77 bits per heavy atom. The van der Waals surface area contributed by atoms with E-state index in [2.05, 4.69) is 26.1 Å². The van der Waals surface area contributed by atoms with Crippen molar-refractivity contribution in [2.75, 3.05) is 14.2 Å². The van der Waals surface area contributed by atoms with Crippen molar-refractivity contribution in [1.29, 1.82) is 0 Å². The second-order valence-corrected chi connectivity index (χ2v) is 4.54. The predicted molar refractivity (Wildman–Crippen MR) is 52.6 cm³/mol. The second kappa shape index (κ2) is 3.95. The summed E-state index contributed by atoms with van der Waals surface area (Å²) in [5.74, 6) is 0. The zero-order valence-corrected chi connectivity index (χ0v) is 9.26. The monoisotopic (exact) mass is 187 g/mol. The minimum absolute atomic E-state index is 0.142. The van der Waals surface area contributed by atoms with Gasteiger partial charge in [-0.15, -0.1) is 0 Å². The van der Waals surface area contributed by atoms with Crippen LogP contribution in [-0.4, -0.2) is 32.6 Å². The molecule has 2 unspecified atom stereocenters. The van der Waals surface area contributed by atoms with Gasteiger partial charge in [-0.2, -0.15) is 0 Å². The van der Waals surface area contributed by atoms with E-state index in [9.17, 15) is 0 Å². The van der Waals surface area contributed by atoms with Crippen LogP contribution in [0.4, 0.5) is 0 Å². The molecule has 1 rings (SSSR count). The van der Waals surface area contributed by atoms with Gasteiger partial charge in [0.2, 0.25) is 0 Å². The van der Waals surface area contributed by atoms with Crippen LogP contribution in [0.1, 0.15) is 27.2 Å². The van der Waals surface area contributed by atoms with Gasteiger partial charge in [-0.05, 0) is 18.8 Å².